The lowest BCUT2D eigenvalue weighted by molar-refractivity contribution is 0.106. The molecule has 5 heteroatoms. The summed E-state index contributed by atoms with van der Waals surface area (Å²) in [6, 6.07) is 20.7. The summed E-state index contributed by atoms with van der Waals surface area (Å²) in [5, 5.41) is 10.9. The van der Waals surface area contributed by atoms with Crippen molar-refractivity contribution in [2.45, 2.75) is 26.3 Å². The summed E-state index contributed by atoms with van der Waals surface area (Å²) in [4.78, 5) is 4.30. The number of hydrogen-bond donors (Lipinski definition) is 2. The Morgan fingerprint density at radius 3 is 2.33 bits per heavy atom. The maximum absolute atomic E-state index is 5.90. The Bertz CT molecular complexity index is 832. The van der Waals surface area contributed by atoms with Crippen LogP contribution in [0.15, 0.2) is 76.4 Å². The zero-order valence-corrected chi connectivity index (χ0v) is 16.3. The van der Waals surface area contributed by atoms with Crippen molar-refractivity contribution >= 4 is 17.3 Å². The molecule has 3 rings (SSSR count). The summed E-state index contributed by atoms with van der Waals surface area (Å²) in [7, 11) is 1.79. The van der Waals surface area contributed by atoms with E-state index in [2.05, 4.69) is 62.8 Å². The van der Waals surface area contributed by atoms with Crippen molar-refractivity contribution in [2.24, 2.45) is 4.99 Å². The van der Waals surface area contributed by atoms with Crippen LogP contribution in [0, 0.1) is 0 Å². The molecule has 140 valence electrons. The van der Waals surface area contributed by atoms with E-state index in [1.165, 1.54) is 22.3 Å². The fraction of sp³-hybridized carbons (Fsp3) is 0.227. The lowest BCUT2D eigenvalue weighted by Gasteiger charge is -2.14. The summed E-state index contributed by atoms with van der Waals surface area (Å²) in [5.41, 5.74) is 4.85. The Morgan fingerprint density at radius 2 is 1.59 bits per heavy atom. The van der Waals surface area contributed by atoms with Gasteiger partial charge in [0.1, 0.15) is 0 Å². The van der Waals surface area contributed by atoms with Gasteiger partial charge in [0.15, 0.2) is 5.96 Å². The zero-order valence-electron chi connectivity index (χ0n) is 15.5. The van der Waals surface area contributed by atoms with E-state index in [1.807, 2.05) is 24.3 Å². The van der Waals surface area contributed by atoms with Gasteiger partial charge in [-0.05, 0) is 39.1 Å². The number of rotatable bonds is 8. The summed E-state index contributed by atoms with van der Waals surface area (Å²) in [6.45, 7) is 2.68. The van der Waals surface area contributed by atoms with Gasteiger partial charge in [0.05, 0.1) is 13.2 Å². The molecule has 0 fully saturated rings. The highest BCUT2D eigenvalue weighted by Gasteiger charge is 2.04. The minimum Gasteiger partial charge on any atom is -0.372 e. The molecule has 0 saturated heterocycles. The molecule has 2 N–H and O–H groups in total. The van der Waals surface area contributed by atoms with E-state index < -0.39 is 0 Å². The van der Waals surface area contributed by atoms with Crippen LogP contribution in [0.25, 0.3) is 0 Å². The second-order valence-electron chi connectivity index (χ2n) is 6.16. The number of nitrogens with one attached hydrogen (secondary N) is 2. The third-order valence-corrected chi connectivity index (χ3v) is 4.93. The number of guanidine groups is 1. The molecule has 2 aromatic carbocycles. The molecule has 0 amide bonds. The largest absolute Gasteiger partial charge is 0.372 e. The second-order valence-corrected chi connectivity index (χ2v) is 6.94. The van der Waals surface area contributed by atoms with Crippen LogP contribution in [0.5, 0.6) is 0 Å². The molecule has 0 aliphatic carbocycles. The Labute approximate surface area is 164 Å². The minimum atomic E-state index is 0.591. The van der Waals surface area contributed by atoms with Crippen molar-refractivity contribution in [3.63, 3.8) is 0 Å². The minimum absolute atomic E-state index is 0.591. The molecule has 1 aromatic heterocycles. The highest BCUT2D eigenvalue weighted by molar-refractivity contribution is 7.07. The van der Waals surface area contributed by atoms with Crippen LogP contribution in [-0.4, -0.2) is 13.0 Å². The van der Waals surface area contributed by atoms with Gasteiger partial charge in [-0.2, -0.15) is 11.3 Å². The van der Waals surface area contributed by atoms with Crippen molar-refractivity contribution < 1.29 is 4.74 Å². The smallest absolute Gasteiger partial charge is 0.191 e. The third-order valence-electron chi connectivity index (χ3n) is 4.20. The maximum atomic E-state index is 5.90. The van der Waals surface area contributed by atoms with Crippen LogP contribution in [-0.2, 0) is 31.0 Å². The average Bonchev–Trinajstić information content (AvgIpc) is 3.23. The average molecular weight is 380 g/mol. The van der Waals surface area contributed by atoms with Gasteiger partial charge in [0, 0.05) is 20.1 Å². The van der Waals surface area contributed by atoms with Gasteiger partial charge in [-0.3, -0.25) is 4.99 Å². The number of nitrogens with zero attached hydrogens (tertiary/aromatic N) is 1. The van der Waals surface area contributed by atoms with E-state index >= 15 is 0 Å². The molecule has 0 aliphatic heterocycles. The van der Waals surface area contributed by atoms with E-state index in [1.54, 1.807) is 18.4 Å². The fourth-order valence-corrected chi connectivity index (χ4v) is 3.37. The first-order valence-electron chi connectivity index (χ1n) is 8.99. The first-order valence-corrected chi connectivity index (χ1v) is 9.93. The Morgan fingerprint density at radius 1 is 0.852 bits per heavy atom. The van der Waals surface area contributed by atoms with Gasteiger partial charge in [-0.25, -0.2) is 0 Å². The number of hydrogen-bond acceptors (Lipinski definition) is 3. The van der Waals surface area contributed by atoms with E-state index in [9.17, 15) is 0 Å². The predicted molar refractivity (Wildman–Crippen MR) is 113 cm³/mol. The normalized spacial score (nSPS) is 11.4. The van der Waals surface area contributed by atoms with Gasteiger partial charge in [0.25, 0.3) is 0 Å². The van der Waals surface area contributed by atoms with E-state index in [4.69, 9.17) is 4.74 Å². The van der Waals surface area contributed by atoms with Crippen molar-refractivity contribution in [1.29, 1.82) is 0 Å². The van der Waals surface area contributed by atoms with Crippen LogP contribution >= 0.6 is 11.3 Å². The summed E-state index contributed by atoms with van der Waals surface area (Å²) in [6.07, 6.45) is 0. The molecule has 0 saturated carbocycles. The molecule has 4 nitrogen and oxygen atoms in total. The van der Waals surface area contributed by atoms with Crippen molar-refractivity contribution in [3.05, 3.63) is 93.7 Å². The van der Waals surface area contributed by atoms with Gasteiger partial charge >= 0.3 is 0 Å². The lowest BCUT2D eigenvalue weighted by atomic mass is 10.1. The third kappa shape index (κ3) is 6.24. The highest BCUT2D eigenvalue weighted by atomic mass is 32.1. The monoisotopic (exact) mass is 379 g/mol. The van der Waals surface area contributed by atoms with Crippen LogP contribution in [0.3, 0.4) is 0 Å². The van der Waals surface area contributed by atoms with Crippen molar-refractivity contribution in [1.82, 2.24) is 10.6 Å². The Hall–Kier alpha value is -2.63. The van der Waals surface area contributed by atoms with Gasteiger partial charge in [-0.15, -0.1) is 0 Å². The van der Waals surface area contributed by atoms with Crippen LogP contribution in [0.2, 0.25) is 0 Å². The molecule has 0 radical (unpaired) electrons. The van der Waals surface area contributed by atoms with Gasteiger partial charge in [0.2, 0.25) is 0 Å². The first kappa shape index (κ1) is 19.1. The number of ether oxygens (including phenoxy) is 1. The number of benzene rings is 2. The molecular formula is C22H25N3OS. The molecule has 0 unspecified atom stereocenters. The van der Waals surface area contributed by atoms with E-state index in [-0.39, 0.29) is 0 Å². The standard InChI is InChI=1S/C22H25N3OS/c1-23-22(24-13-19-11-12-27-17-19)25-14-20-9-5-6-10-21(20)16-26-15-18-7-3-2-4-8-18/h2-12,17H,13-16H2,1H3,(H2,23,24,25). The molecule has 1 heterocycles. The van der Waals surface area contributed by atoms with Gasteiger partial charge < -0.3 is 15.4 Å². The molecule has 0 aliphatic rings. The molecule has 27 heavy (non-hydrogen) atoms. The van der Waals surface area contributed by atoms with Crippen molar-refractivity contribution in [2.75, 3.05) is 7.05 Å². The zero-order chi connectivity index (χ0) is 18.7. The summed E-state index contributed by atoms with van der Waals surface area (Å²) < 4.78 is 5.90. The maximum Gasteiger partial charge on any atom is 0.191 e. The van der Waals surface area contributed by atoms with E-state index in [0.717, 1.165) is 12.5 Å². The predicted octanol–water partition coefficient (Wildman–Crippen LogP) is 4.33. The quantitative estimate of drug-likeness (QED) is 0.452. The first-order chi connectivity index (χ1) is 13.3. The number of aliphatic imine (C=N–C) groups is 1. The van der Waals surface area contributed by atoms with Crippen molar-refractivity contribution in [3.8, 4) is 0 Å². The number of thiophene rings is 1. The van der Waals surface area contributed by atoms with Crippen LogP contribution in [0.4, 0.5) is 0 Å². The van der Waals surface area contributed by atoms with Crippen LogP contribution < -0.4 is 10.6 Å². The Balaban J connectivity index is 1.50. The Kier molecular flexibility index (Phi) is 7.45. The molecule has 0 atom stereocenters. The molecular weight excluding hydrogens is 354 g/mol. The molecule has 3 aromatic rings. The van der Waals surface area contributed by atoms with E-state index in [0.29, 0.717) is 19.8 Å². The van der Waals surface area contributed by atoms with Crippen LogP contribution in [0.1, 0.15) is 22.3 Å². The van der Waals surface area contributed by atoms with Gasteiger partial charge in [-0.1, -0.05) is 54.6 Å². The SMILES string of the molecule is CN=C(NCc1ccsc1)NCc1ccccc1COCc1ccccc1. The summed E-state index contributed by atoms with van der Waals surface area (Å²) >= 11 is 1.70. The lowest BCUT2D eigenvalue weighted by Crippen LogP contribution is -2.36. The fourth-order valence-electron chi connectivity index (χ4n) is 2.70. The molecule has 0 bridgehead atoms. The topological polar surface area (TPSA) is 45.7 Å². The second kappa shape index (κ2) is 10.5. The molecule has 0 spiro atoms. The summed E-state index contributed by atoms with van der Waals surface area (Å²) in [5.74, 6) is 0.793. The highest BCUT2D eigenvalue weighted by Crippen LogP contribution is 2.12.